The Balaban J connectivity index is 3.02. The number of aromatic amines is 1. The molecule has 0 aliphatic carbocycles. The third-order valence-corrected chi connectivity index (χ3v) is 1.21. The number of hydrogen-bond acceptors (Lipinski definition) is 5. The summed E-state index contributed by atoms with van der Waals surface area (Å²) in [6.45, 7) is 0. The molecule has 2 heterocycles. The molecule has 0 atom stereocenters. The Morgan fingerprint density at radius 2 is 2.45 bits per heavy atom. The standard InChI is InChI=1S/C4H4N6O/c5-2-1-3(11)10-4(6-2)7-8-9-10/h1H,5H2,(H,6,7,9). The molecule has 2 rings (SSSR count). The Morgan fingerprint density at radius 1 is 1.64 bits per heavy atom. The average molecular weight is 152 g/mol. The zero-order chi connectivity index (χ0) is 7.84. The SMILES string of the molecule is Nc1cc(=O)n2[nH]nnc2n1. The number of nitrogens with two attached hydrogens (primary N) is 1. The topological polar surface area (TPSA) is 102 Å². The van der Waals surface area contributed by atoms with Gasteiger partial charge in [-0.1, -0.05) is 5.10 Å². The second-order valence-corrected chi connectivity index (χ2v) is 1.95. The molecular formula is C4H4N6O. The van der Waals surface area contributed by atoms with Crippen LogP contribution in [0, 0.1) is 0 Å². The van der Waals surface area contributed by atoms with Crippen molar-refractivity contribution in [2.24, 2.45) is 0 Å². The highest BCUT2D eigenvalue weighted by molar-refractivity contribution is 5.35. The van der Waals surface area contributed by atoms with Crippen molar-refractivity contribution in [1.29, 1.82) is 0 Å². The number of hydrogen-bond donors (Lipinski definition) is 2. The van der Waals surface area contributed by atoms with Crippen LogP contribution in [0.15, 0.2) is 10.9 Å². The minimum absolute atomic E-state index is 0.143. The highest BCUT2D eigenvalue weighted by atomic mass is 16.1. The third-order valence-electron chi connectivity index (χ3n) is 1.21. The largest absolute Gasteiger partial charge is 0.383 e. The van der Waals surface area contributed by atoms with Gasteiger partial charge in [0.2, 0.25) is 0 Å². The van der Waals surface area contributed by atoms with Crippen LogP contribution in [0.3, 0.4) is 0 Å². The van der Waals surface area contributed by atoms with Crippen LogP contribution in [-0.2, 0) is 0 Å². The molecule has 2 aromatic rings. The predicted octanol–water partition coefficient (Wildman–Crippen LogP) is -1.61. The summed E-state index contributed by atoms with van der Waals surface area (Å²) in [6.07, 6.45) is 0. The number of tetrazole rings is 1. The van der Waals surface area contributed by atoms with E-state index in [4.69, 9.17) is 5.73 Å². The van der Waals surface area contributed by atoms with Crippen LogP contribution >= 0.6 is 0 Å². The molecule has 3 N–H and O–H groups in total. The van der Waals surface area contributed by atoms with E-state index in [1.165, 1.54) is 6.07 Å². The molecule has 0 aliphatic heterocycles. The average Bonchev–Trinajstić information content (AvgIpc) is 2.34. The van der Waals surface area contributed by atoms with E-state index in [1.54, 1.807) is 0 Å². The predicted molar refractivity (Wildman–Crippen MR) is 35.8 cm³/mol. The van der Waals surface area contributed by atoms with Gasteiger partial charge in [0, 0.05) is 6.07 Å². The van der Waals surface area contributed by atoms with Crippen LogP contribution in [0.25, 0.3) is 5.78 Å². The van der Waals surface area contributed by atoms with Gasteiger partial charge in [0.05, 0.1) is 0 Å². The molecule has 11 heavy (non-hydrogen) atoms. The fraction of sp³-hybridized carbons (Fsp3) is 0. The van der Waals surface area contributed by atoms with Crippen molar-refractivity contribution in [1.82, 2.24) is 25.0 Å². The Hall–Kier alpha value is -1.92. The Kier molecular flexibility index (Phi) is 0.945. The highest BCUT2D eigenvalue weighted by Gasteiger charge is 2.00. The van der Waals surface area contributed by atoms with Gasteiger partial charge < -0.3 is 5.73 Å². The second kappa shape index (κ2) is 1.78. The van der Waals surface area contributed by atoms with Gasteiger partial charge in [0.1, 0.15) is 5.82 Å². The fourth-order valence-corrected chi connectivity index (χ4v) is 0.760. The number of H-pyrrole nitrogens is 1. The van der Waals surface area contributed by atoms with Gasteiger partial charge in [-0.05, 0) is 5.21 Å². The lowest BCUT2D eigenvalue weighted by atomic mass is 10.6. The number of fused-ring (bicyclic) bond motifs is 1. The lowest BCUT2D eigenvalue weighted by Gasteiger charge is -1.89. The molecular weight excluding hydrogens is 148 g/mol. The smallest absolute Gasteiger partial charge is 0.277 e. The summed E-state index contributed by atoms with van der Waals surface area (Å²) >= 11 is 0. The van der Waals surface area contributed by atoms with Crippen LogP contribution in [0.4, 0.5) is 5.82 Å². The third kappa shape index (κ3) is 0.741. The van der Waals surface area contributed by atoms with Crippen molar-refractivity contribution in [3.8, 4) is 0 Å². The molecule has 0 spiro atoms. The molecule has 0 fully saturated rings. The fourth-order valence-electron chi connectivity index (χ4n) is 0.760. The van der Waals surface area contributed by atoms with Crippen molar-refractivity contribution in [2.45, 2.75) is 0 Å². The van der Waals surface area contributed by atoms with Crippen LogP contribution in [-0.4, -0.2) is 25.0 Å². The maximum atomic E-state index is 11.0. The molecule has 0 aromatic carbocycles. The molecule has 0 aliphatic rings. The van der Waals surface area contributed by atoms with Gasteiger partial charge in [0.25, 0.3) is 11.3 Å². The minimum atomic E-state index is -0.322. The van der Waals surface area contributed by atoms with Gasteiger partial charge in [-0.15, -0.1) is 0 Å². The number of nitrogen functional groups attached to an aromatic ring is 1. The first-order chi connectivity index (χ1) is 5.27. The maximum Gasteiger partial charge on any atom is 0.277 e. The molecule has 56 valence electrons. The van der Waals surface area contributed by atoms with Crippen molar-refractivity contribution < 1.29 is 0 Å². The van der Waals surface area contributed by atoms with Gasteiger partial charge in [-0.2, -0.15) is 14.7 Å². The first-order valence-corrected chi connectivity index (χ1v) is 2.84. The summed E-state index contributed by atoms with van der Waals surface area (Å²) in [5.74, 6) is 0.318. The van der Waals surface area contributed by atoms with Gasteiger partial charge >= 0.3 is 0 Å². The van der Waals surface area contributed by atoms with E-state index >= 15 is 0 Å². The molecule has 7 nitrogen and oxygen atoms in total. The van der Waals surface area contributed by atoms with Crippen molar-refractivity contribution in [3.05, 3.63) is 16.4 Å². The summed E-state index contributed by atoms with van der Waals surface area (Å²) in [5, 5.41) is 9.22. The van der Waals surface area contributed by atoms with Crippen molar-refractivity contribution in [3.63, 3.8) is 0 Å². The Bertz CT molecular complexity index is 441. The first-order valence-electron chi connectivity index (χ1n) is 2.84. The molecule has 0 saturated carbocycles. The van der Waals surface area contributed by atoms with E-state index < -0.39 is 0 Å². The zero-order valence-electron chi connectivity index (χ0n) is 5.35. The van der Waals surface area contributed by atoms with Crippen molar-refractivity contribution in [2.75, 3.05) is 5.73 Å². The quantitative estimate of drug-likeness (QED) is 0.473. The summed E-state index contributed by atoms with van der Waals surface area (Å²) in [4.78, 5) is 14.7. The molecule has 0 saturated heterocycles. The summed E-state index contributed by atoms with van der Waals surface area (Å²) in [6, 6.07) is 1.19. The van der Waals surface area contributed by atoms with Crippen LogP contribution in [0.5, 0.6) is 0 Å². The normalized spacial score (nSPS) is 10.5. The summed E-state index contributed by atoms with van der Waals surface area (Å²) in [5.41, 5.74) is 4.96. The van der Waals surface area contributed by atoms with Crippen molar-refractivity contribution >= 4 is 11.6 Å². The minimum Gasteiger partial charge on any atom is -0.383 e. The number of nitrogens with one attached hydrogen (secondary N) is 1. The van der Waals surface area contributed by atoms with Gasteiger partial charge in [0.15, 0.2) is 0 Å². The summed E-state index contributed by atoms with van der Waals surface area (Å²) < 4.78 is 1.09. The molecule has 0 amide bonds. The van der Waals surface area contributed by atoms with E-state index in [0.717, 1.165) is 4.52 Å². The molecule has 2 aromatic heterocycles. The Morgan fingerprint density at radius 3 is 3.27 bits per heavy atom. The Labute approximate surface area is 59.8 Å². The van der Waals surface area contributed by atoms with Gasteiger partial charge in [-0.25, -0.2) is 0 Å². The van der Waals surface area contributed by atoms with E-state index in [2.05, 4.69) is 20.5 Å². The maximum absolute atomic E-state index is 11.0. The van der Waals surface area contributed by atoms with Crippen LogP contribution in [0.1, 0.15) is 0 Å². The lowest BCUT2D eigenvalue weighted by Crippen LogP contribution is -2.15. The number of anilines is 1. The first kappa shape index (κ1) is 5.83. The van der Waals surface area contributed by atoms with E-state index in [-0.39, 0.29) is 17.2 Å². The van der Waals surface area contributed by atoms with E-state index in [9.17, 15) is 4.79 Å². The number of rotatable bonds is 0. The number of nitrogens with zero attached hydrogens (tertiary/aromatic N) is 4. The van der Waals surface area contributed by atoms with Crippen LogP contribution in [0.2, 0.25) is 0 Å². The molecule has 7 heteroatoms. The lowest BCUT2D eigenvalue weighted by molar-refractivity contribution is 0.801. The summed E-state index contributed by atoms with van der Waals surface area (Å²) in [7, 11) is 0. The highest BCUT2D eigenvalue weighted by Crippen LogP contribution is 1.91. The van der Waals surface area contributed by atoms with Crippen LogP contribution < -0.4 is 11.3 Å². The van der Waals surface area contributed by atoms with Gasteiger partial charge in [-0.3, -0.25) is 4.79 Å². The van der Waals surface area contributed by atoms with E-state index in [1.807, 2.05) is 0 Å². The van der Waals surface area contributed by atoms with E-state index in [0.29, 0.717) is 0 Å². The number of aromatic nitrogens is 5. The second-order valence-electron chi connectivity index (χ2n) is 1.95. The molecule has 0 unspecified atom stereocenters. The monoisotopic (exact) mass is 152 g/mol. The molecule has 0 bridgehead atoms. The molecule has 0 radical (unpaired) electrons. The zero-order valence-corrected chi connectivity index (χ0v) is 5.35.